The molecule has 1 saturated carbocycles. The first-order valence-corrected chi connectivity index (χ1v) is 8.72. The number of primary sulfonamides is 1. The van der Waals surface area contributed by atoms with Crippen LogP contribution in [0, 0.1) is 19.8 Å². The van der Waals surface area contributed by atoms with Crippen molar-refractivity contribution in [2.75, 3.05) is 5.32 Å². The summed E-state index contributed by atoms with van der Waals surface area (Å²) in [5.74, 6) is 0.798. The van der Waals surface area contributed by atoms with Crippen LogP contribution in [0.5, 0.6) is 0 Å². The van der Waals surface area contributed by atoms with Gasteiger partial charge in [0.15, 0.2) is 0 Å². The molecule has 3 N–H and O–H groups in total. The van der Waals surface area contributed by atoms with Gasteiger partial charge in [0.2, 0.25) is 10.0 Å². The topological polar surface area (TPSA) is 72.2 Å². The van der Waals surface area contributed by atoms with Crippen molar-refractivity contribution in [3.63, 3.8) is 0 Å². The molecule has 0 atom stereocenters. The molecule has 0 radical (unpaired) electrons. The van der Waals surface area contributed by atoms with Gasteiger partial charge in [0.1, 0.15) is 0 Å². The summed E-state index contributed by atoms with van der Waals surface area (Å²) in [6.07, 6.45) is 4.73. The van der Waals surface area contributed by atoms with Gasteiger partial charge in [-0.2, -0.15) is 0 Å². The molecule has 0 spiro atoms. The van der Waals surface area contributed by atoms with E-state index in [-0.39, 0.29) is 4.90 Å². The minimum Gasteiger partial charge on any atom is -0.382 e. The smallest absolute Gasteiger partial charge is 0.238 e. The minimum absolute atomic E-state index is 0.187. The Morgan fingerprint density at radius 2 is 1.75 bits per heavy atom. The summed E-state index contributed by atoms with van der Waals surface area (Å²) in [6, 6.07) is 3.73. The molecular weight excluding hydrogens is 272 g/mol. The number of benzene rings is 1. The van der Waals surface area contributed by atoms with E-state index in [2.05, 4.69) is 12.2 Å². The predicted octanol–water partition coefficient (Wildman–Crippen LogP) is 2.94. The third kappa shape index (κ3) is 3.52. The Morgan fingerprint density at radius 3 is 2.30 bits per heavy atom. The highest BCUT2D eigenvalue weighted by Gasteiger charge is 2.20. The van der Waals surface area contributed by atoms with Gasteiger partial charge in [-0.15, -0.1) is 0 Å². The molecule has 112 valence electrons. The van der Waals surface area contributed by atoms with Crippen molar-refractivity contribution < 1.29 is 8.42 Å². The predicted molar refractivity (Wildman–Crippen MR) is 82.3 cm³/mol. The molecule has 4 nitrogen and oxygen atoms in total. The molecule has 1 fully saturated rings. The van der Waals surface area contributed by atoms with Crippen LogP contribution in [0.1, 0.15) is 43.7 Å². The van der Waals surface area contributed by atoms with Crippen LogP contribution in [0.25, 0.3) is 0 Å². The summed E-state index contributed by atoms with van der Waals surface area (Å²) in [5, 5.41) is 8.74. The number of hydrogen-bond acceptors (Lipinski definition) is 3. The fraction of sp³-hybridized carbons (Fsp3) is 0.600. The molecule has 0 aliphatic heterocycles. The maximum absolute atomic E-state index is 11.5. The molecule has 5 heteroatoms. The number of nitrogens with two attached hydrogens (primary N) is 1. The summed E-state index contributed by atoms with van der Waals surface area (Å²) < 4.78 is 23.1. The van der Waals surface area contributed by atoms with Crippen LogP contribution in [0.15, 0.2) is 17.0 Å². The summed E-state index contributed by atoms with van der Waals surface area (Å²) in [6.45, 7) is 6.21. The van der Waals surface area contributed by atoms with E-state index in [0.29, 0.717) is 6.04 Å². The Morgan fingerprint density at radius 1 is 1.15 bits per heavy atom. The summed E-state index contributed by atoms with van der Waals surface area (Å²) in [7, 11) is -3.65. The van der Waals surface area contributed by atoms with Crippen LogP contribution in [0.3, 0.4) is 0 Å². The van der Waals surface area contributed by atoms with Crippen LogP contribution in [0.2, 0.25) is 0 Å². The molecule has 0 bridgehead atoms. The molecule has 1 aliphatic rings. The molecule has 0 unspecified atom stereocenters. The highest BCUT2D eigenvalue weighted by atomic mass is 32.2. The summed E-state index contributed by atoms with van der Waals surface area (Å²) in [4.78, 5) is 0.187. The van der Waals surface area contributed by atoms with Crippen LogP contribution in [-0.2, 0) is 10.0 Å². The van der Waals surface area contributed by atoms with E-state index in [1.54, 1.807) is 12.1 Å². The van der Waals surface area contributed by atoms with E-state index in [1.165, 1.54) is 12.8 Å². The number of sulfonamides is 1. The van der Waals surface area contributed by atoms with Gasteiger partial charge < -0.3 is 5.32 Å². The van der Waals surface area contributed by atoms with Gasteiger partial charge in [0, 0.05) is 11.7 Å². The third-order valence-corrected chi connectivity index (χ3v) is 5.24. The Hall–Kier alpha value is -1.07. The lowest BCUT2D eigenvalue weighted by molar-refractivity contribution is 0.361. The van der Waals surface area contributed by atoms with Crippen molar-refractivity contribution in [3.05, 3.63) is 23.3 Å². The molecule has 0 saturated heterocycles. The van der Waals surface area contributed by atoms with Gasteiger partial charge in [-0.05, 0) is 68.7 Å². The summed E-state index contributed by atoms with van der Waals surface area (Å²) in [5.41, 5.74) is 2.94. The molecule has 1 aromatic rings. The van der Waals surface area contributed by atoms with E-state index in [0.717, 1.165) is 35.6 Å². The first-order valence-electron chi connectivity index (χ1n) is 7.18. The van der Waals surface area contributed by atoms with E-state index in [1.807, 2.05) is 13.8 Å². The van der Waals surface area contributed by atoms with E-state index >= 15 is 0 Å². The lowest BCUT2D eigenvalue weighted by atomic mass is 9.87. The fourth-order valence-corrected chi connectivity index (χ4v) is 3.39. The van der Waals surface area contributed by atoms with E-state index < -0.39 is 10.0 Å². The lowest BCUT2D eigenvalue weighted by Gasteiger charge is -2.28. The van der Waals surface area contributed by atoms with Gasteiger partial charge in [0.05, 0.1) is 4.90 Å². The molecular formula is C15H24N2O2S. The van der Waals surface area contributed by atoms with Gasteiger partial charge in [-0.1, -0.05) is 6.92 Å². The van der Waals surface area contributed by atoms with E-state index in [4.69, 9.17) is 5.14 Å². The second-order valence-corrected chi connectivity index (χ2v) is 7.62. The lowest BCUT2D eigenvalue weighted by Crippen LogP contribution is -2.26. The zero-order chi connectivity index (χ0) is 14.9. The second-order valence-electron chi connectivity index (χ2n) is 6.06. The Kier molecular flexibility index (Phi) is 4.39. The number of aryl methyl sites for hydroxylation is 1. The highest BCUT2D eigenvalue weighted by Crippen LogP contribution is 2.29. The van der Waals surface area contributed by atoms with Crippen molar-refractivity contribution in [1.82, 2.24) is 0 Å². The standard InChI is InChI=1S/C15H24N2O2S/c1-10-4-6-13(7-5-10)17-15-9-14(20(16,18)19)8-11(2)12(15)3/h8-10,13,17H,4-7H2,1-3H3,(H2,16,18,19). The van der Waals surface area contributed by atoms with Crippen LogP contribution >= 0.6 is 0 Å². The van der Waals surface area contributed by atoms with Gasteiger partial charge in [-0.25, -0.2) is 13.6 Å². The maximum atomic E-state index is 11.5. The Balaban J connectivity index is 2.25. The monoisotopic (exact) mass is 296 g/mol. The van der Waals surface area contributed by atoms with Gasteiger partial charge in [-0.3, -0.25) is 0 Å². The van der Waals surface area contributed by atoms with Crippen molar-refractivity contribution in [2.45, 2.75) is 57.4 Å². The fourth-order valence-electron chi connectivity index (χ4n) is 2.76. The summed E-state index contributed by atoms with van der Waals surface area (Å²) >= 11 is 0. The second kappa shape index (κ2) is 5.74. The zero-order valence-corrected chi connectivity index (χ0v) is 13.3. The van der Waals surface area contributed by atoms with Crippen LogP contribution in [0.4, 0.5) is 5.69 Å². The van der Waals surface area contributed by atoms with Gasteiger partial charge in [0.25, 0.3) is 0 Å². The molecule has 0 amide bonds. The average molecular weight is 296 g/mol. The largest absolute Gasteiger partial charge is 0.382 e. The normalized spacial score (nSPS) is 23.6. The average Bonchev–Trinajstić information content (AvgIpc) is 2.36. The van der Waals surface area contributed by atoms with Crippen molar-refractivity contribution in [1.29, 1.82) is 0 Å². The highest BCUT2D eigenvalue weighted by molar-refractivity contribution is 7.89. The quantitative estimate of drug-likeness (QED) is 0.900. The third-order valence-electron chi connectivity index (χ3n) is 4.34. The number of nitrogens with one attached hydrogen (secondary N) is 1. The first-order chi connectivity index (χ1) is 9.27. The minimum atomic E-state index is -3.65. The number of anilines is 1. The molecule has 2 rings (SSSR count). The van der Waals surface area contributed by atoms with Crippen LogP contribution in [-0.4, -0.2) is 14.5 Å². The van der Waals surface area contributed by atoms with Crippen molar-refractivity contribution in [3.8, 4) is 0 Å². The number of rotatable bonds is 3. The Labute approximate surface area is 121 Å². The van der Waals surface area contributed by atoms with E-state index in [9.17, 15) is 8.42 Å². The van der Waals surface area contributed by atoms with Crippen LogP contribution < -0.4 is 10.5 Å². The van der Waals surface area contributed by atoms with Crippen molar-refractivity contribution >= 4 is 15.7 Å². The van der Waals surface area contributed by atoms with Crippen molar-refractivity contribution in [2.24, 2.45) is 11.1 Å². The van der Waals surface area contributed by atoms with Gasteiger partial charge >= 0.3 is 0 Å². The first kappa shape index (κ1) is 15.3. The zero-order valence-electron chi connectivity index (χ0n) is 12.4. The maximum Gasteiger partial charge on any atom is 0.238 e. The molecule has 1 aliphatic carbocycles. The molecule has 0 aromatic heterocycles. The SMILES string of the molecule is Cc1cc(S(N)(=O)=O)cc(NC2CCC(C)CC2)c1C. The molecule has 0 heterocycles. The number of hydrogen-bond donors (Lipinski definition) is 2. The molecule has 20 heavy (non-hydrogen) atoms. The molecule has 1 aromatic carbocycles. The Bertz CT molecular complexity index is 588.